The summed E-state index contributed by atoms with van der Waals surface area (Å²) in [7, 11) is 3.40. The number of hydrogen-bond acceptors (Lipinski definition) is 3. The minimum absolute atomic E-state index is 0.0255. The lowest BCUT2D eigenvalue weighted by Gasteiger charge is -2.13. The van der Waals surface area contributed by atoms with Crippen LogP contribution in [-0.2, 0) is 6.42 Å². The third kappa shape index (κ3) is 2.64. The van der Waals surface area contributed by atoms with E-state index < -0.39 is 11.6 Å². The van der Waals surface area contributed by atoms with Gasteiger partial charge >= 0.3 is 0 Å². The second-order valence-corrected chi connectivity index (χ2v) is 5.29. The van der Waals surface area contributed by atoms with Gasteiger partial charge in [-0.15, -0.1) is 0 Å². The minimum Gasteiger partial charge on any atom is -0.497 e. The average Bonchev–Trinajstić information content (AvgIpc) is 2.91. The van der Waals surface area contributed by atoms with Gasteiger partial charge in [0.2, 0.25) is 0 Å². The summed E-state index contributed by atoms with van der Waals surface area (Å²) in [5.41, 5.74) is 1.64. The maximum absolute atomic E-state index is 14.1. The van der Waals surface area contributed by atoms with Crippen LogP contribution < -0.4 is 14.8 Å². The molecule has 5 heteroatoms. The normalized spacial score (nSPS) is 16.3. The molecule has 0 aromatic heterocycles. The van der Waals surface area contributed by atoms with E-state index in [2.05, 4.69) is 5.32 Å². The molecule has 0 fully saturated rings. The van der Waals surface area contributed by atoms with E-state index in [0.29, 0.717) is 30.0 Å². The summed E-state index contributed by atoms with van der Waals surface area (Å²) in [5.74, 6) is 0.229. The van der Waals surface area contributed by atoms with Crippen molar-refractivity contribution in [2.75, 3.05) is 20.7 Å². The Balaban J connectivity index is 2.12. The van der Waals surface area contributed by atoms with Crippen molar-refractivity contribution in [3.63, 3.8) is 0 Å². The van der Waals surface area contributed by atoms with E-state index in [1.807, 2.05) is 13.1 Å². The summed E-state index contributed by atoms with van der Waals surface area (Å²) in [6.07, 6.45) is 0.680. The van der Waals surface area contributed by atoms with Crippen LogP contribution in [0.5, 0.6) is 11.5 Å². The van der Waals surface area contributed by atoms with Crippen molar-refractivity contribution in [1.29, 1.82) is 0 Å². The number of likely N-dealkylation sites (N-methyl/N-ethyl adjacent to an activating group) is 1. The van der Waals surface area contributed by atoms with Gasteiger partial charge in [0.15, 0.2) is 0 Å². The van der Waals surface area contributed by atoms with Gasteiger partial charge in [-0.2, -0.15) is 0 Å². The number of ether oxygens (including phenoxy) is 2. The number of benzene rings is 2. The van der Waals surface area contributed by atoms with Gasteiger partial charge in [0.25, 0.3) is 0 Å². The highest BCUT2D eigenvalue weighted by molar-refractivity contribution is 5.75. The number of rotatable bonds is 4. The fourth-order valence-electron chi connectivity index (χ4n) is 2.77. The molecular formula is C17H17F2NO2. The van der Waals surface area contributed by atoms with Gasteiger partial charge in [0, 0.05) is 29.7 Å². The van der Waals surface area contributed by atoms with Crippen molar-refractivity contribution >= 4 is 0 Å². The molecule has 3 nitrogen and oxygen atoms in total. The summed E-state index contributed by atoms with van der Waals surface area (Å²) in [4.78, 5) is 0. The second-order valence-electron chi connectivity index (χ2n) is 5.29. The van der Waals surface area contributed by atoms with Gasteiger partial charge in [-0.25, -0.2) is 8.78 Å². The zero-order valence-electron chi connectivity index (χ0n) is 12.5. The van der Waals surface area contributed by atoms with Crippen molar-refractivity contribution in [2.45, 2.75) is 12.5 Å². The van der Waals surface area contributed by atoms with Crippen LogP contribution >= 0.6 is 0 Å². The Bertz CT molecular complexity index is 703. The summed E-state index contributed by atoms with van der Waals surface area (Å²) in [6.45, 7) is 0.683. The van der Waals surface area contributed by atoms with Crippen LogP contribution in [0, 0.1) is 11.6 Å². The molecule has 0 spiro atoms. The molecule has 0 saturated carbocycles. The molecule has 0 saturated heterocycles. The van der Waals surface area contributed by atoms with Gasteiger partial charge in [-0.3, -0.25) is 0 Å². The average molecular weight is 305 g/mol. The van der Waals surface area contributed by atoms with E-state index in [4.69, 9.17) is 9.47 Å². The first-order valence-corrected chi connectivity index (χ1v) is 7.10. The predicted molar refractivity (Wildman–Crippen MR) is 80.4 cm³/mol. The molecule has 0 amide bonds. The fraction of sp³-hybridized carbons (Fsp3) is 0.294. The van der Waals surface area contributed by atoms with Gasteiger partial charge in [-0.1, -0.05) is 0 Å². The molecule has 1 aliphatic heterocycles. The van der Waals surface area contributed by atoms with Crippen LogP contribution in [0.15, 0.2) is 30.3 Å². The number of fused-ring (bicyclic) bond motifs is 1. The van der Waals surface area contributed by atoms with Crippen molar-refractivity contribution in [3.8, 4) is 22.6 Å². The van der Waals surface area contributed by atoms with Gasteiger partial charge in [0.05, 0.1) is 7.11 Å². The molecule has 1 aliphatic rings. The molecule has 1 unspecified atom stereocenters. The Morgan fingerprint density at radius 3 is 2.77 bits per heavy atom. The lowest BCUT2D eigenvalue weighted by molar-refractivity contribution is 0.232. The Kier molecular flexibility index (Phi) is 3.98. The standard InChI is InChI=1S/C17H17F2NO2/c1-20-9-13-6-10-5-12(21-2)8-15(17(10)22-13)14-7-11(18)3-4-16(14)19/h3-5,7-8,13,20H,6,9H2,1-2H3. The molecule has 1 atom stereocenters. The Morgan fingerprint density at radius 2 is 2.05 bits per heavy atom. The minimum atomic E-state index is -0.488. The largest absolute Gasteiger partial charge is 0.497 e. The summed E-state index contributed by atoms with van der Waals surface area (Å²) >= 11 is 0. The van der Waals surface area contributed by atoms with Crippen LogP contribution in [0.4, 0.5) is 8.78 Å². The zero-order valence-corrected chi connectivity index (χ0v) is 12.5. The van der Waals surface area contributed by atoms with Crippen molar-refractivity contribution < 1.29 is 18.3 Å². The molecule has 1 heterocycles. The van der Waals surface area contributed by atoms with E-state index >= 15 is 0 Å². The van der Waals surface area contributed by atoms with E-state index in [9.17, 15) is 8.78 Å². The quantitative estimate of drug-likeness (QED) is 0.941. The first-order valence-electron chi connectivity index (χ1n) is 7.10. The SMILES string of the molecule is CNCC1Cc2cc(OC)cc(-c3cc(F)ccc3F)c2O1. The van der Waals surface area contributed by atoms with Gasteiger partial charge in [-0.05, 0) is 37.4 Å². The lowest BCUT2D eigenvalue weighted by atomic mass is 9.99. The van der Waals surface area contributed by atoms with Crippen LogP contribution in [0.25, 0.3) is 11.1 Å². The summed E-state index contributed by atoms with van der Waals surface area (Å²) in [6, 6.07) is 6.96. The third-order valence-electron chi connectivity index (χ3n) is 3.76. The van der Waals surface area contributed by atoms with Crippen LogP contribution in [0.3, 0.4) is 0 Å². The second kappa shape index (κ2) is 5.93. The van der Waals surface area contributed by atoms with Crippen molar-refractivity contribution in [2.24, 2.45) is 0 Å². The molecule has 0 aliphatic carbocycles. The fourth-order valence-corrected chi connectivity index (χ4v) is 2.77. The zero-order chi connectivity index (χ0) is 15.7. The molecule has 2 aromatic carbocycles. The summed E-state index contributed by atoms with van der Waals surface area (Å²) in [5, 5.41) is 3.06. The Labute approximate surface area is 127 Å². The Morgan fingerprint density at radius 1 is 1.23 bits per heavy atom. The van der Waals surface area contributed by atoms with Crippen LogP contribution in [0.2, 0.25) is 0 Å². The molecule has 0 radical (unpaired) electrons. The van der Waals surface area contributed by atoms with E-state index in [1.165, 1.54) is 6.07 Å². The molecule has 0 bridgehead atoms. The molecule has 22 heavy (non-hydrogen) atoms. The molecule has 116 valence electrons. The van der Waals surface area contributed by atoms with E-state index in [-0.39, 0.29) is 11.7 Å². The molecular weight excluding hydrogens is 288 g/mol. The number of hydrogen-bond donors (Lipinski definition) is 1. The number of halogens is 2. The van der Waals surface area contributed by atoms with Crippen LogP contribution in [0.1, 0.15) is 5.56 Å². The monoisotopic (exact) mass is 305 g/mol. The maximum atomic E-state index is 14.1. The smallest absolute Gasteiger partial charge is 0.131 e. The highest BCUT2D eigenvalue weighted by atomic mass is 19.1. The maximum Gasteiger partial charge on any atom is 0.131 e. The van der Waals surface area contributed by atoms with Crippen LogP contribution in [-0.4, -0.2) is 26.8 Å². The number of methoxy groups -OCH3 is 1. The van der Waals surface area contributed by atoms with Gasteiger partial charge in [0.1, 0.15) is 29.2 Å². The third-order valence-corrected chi connectivity index (χ3v) is 3.76. The van der Waals surface area contributed by atoms with E-state index in [0.717, 1.165) is 17.7 Å². The lowest BCUT2D eigenvalue weighted by Crippen LogP contribution is -2.27. The highest BCUT2D eigenvalue weighted by Crippen LogP contribution is 2.42. The molecule has 1 N–H and O–H groups in total. The molecule has 2 aromatic rings. The topological polar surface area (TPSA) is 30.5 Å². The summed E-state index contributed by atoms with van der Waals surface area (Å²) < 4.78 is 38.8. The highest BCUT2D eigenvalue weighted by Gasteiger charge is 2.27. The molecule has 3 rings (SSSR count). The van der Waals surface area contributed by atoms with E-state index in [1.54, 1.807) is 13.2 Å². The van der Waals surface area contributed by atoms with Crippen molar-refractivity contribution in [1.82, 2.24) is 5.32 Å². The Hall–Kier alpha value is -2.14. The number of nitrogens with one attached hydrogen (secondary N) is 1. The first-order chi connectivity index (χ1) is 10.6. The predicted octanol–water partition coefficient (Wildman–Crippen LogP) is 3.16. The van der Waals surface area contributed by atoms with Gasteiger partial charge < -0.3 is 14.8 Å². The van der Waals surface area contributed by atoms with Crippen molar-refractivity contribution in [3.05, 3.63) is 47.5 Å². The first kappa shape index (κ1) is 14.8.